The van der Waals surface area contributed by atoms with Crippen molar-refractivity contribution in [1.29, 1.82) is 0 Å². The highest BCUT2D eigenvalue weighted by Crippen LogP contribution is 2.25. The Bertz CT molecular complexity index is 896. The summed E-state index contributed by atoms with van der Waals surface area (Å²) in [7, 11) is 0. The Balaban J connectivity index is 1.38. The van der Waals surface area contributed by atoms with Crippen LogP contribution in [0.5, 0.6) is 11.6 Å². The van der Waals surface area contributed by atoms with Gasteiger partial charge in [0.15, 0.2) is 0 Å². The third-order valence-corrected chi connectivity index (χ3v) is 5.13. The summed E-state index contributed by atoms with van der Waals surface area (Å²) in [5, 5.41) is 0. The van der Waals surface area contributed by atoms with Gasteiger partial charge in [0.2, 0.25) is 5.88 Å². The smallest absolute Gasteiger partial charge is 0.224 e. The van der Waals surface area contributed by atoms with Crippen LogP contribution in [-0.4, -0.2) is 41.0 Å². The third kappa shape index (κ3) is 4.28. The molecule has 0 saturated carbocycles. The molecule has 6 heteroatoms. The fourth-order valence-electron chi connectivity index (χ4n) is 3.46. The zero-order valence-corrected chi connectivity index (χ0v) is 15.8. The van der Waals surface area contributed by atoms with E-state index in [1.54, 1.807) is 6.33 Å². The summed E-state index contributed by atoms with van der Waals surface area (Å²) in [5.74, 6) is 1.97. The van der Waals surface area contributed by atoms with Gasteiger partial charge in [0.25, 0.3) is 0 Å². The van der Waals surface area contributed by atoms with Crippen molar-refractivity contribution in [2.24, 2.45) is 0 Å². The van der Waals surface area contributed by atoms with E-state index in [4.69, 9.17) is 4.74 Å². The molecule has 0 N–H and O–H groups in total. The monoisotopic (exact) mass is 378 g/mol. The van der Waals surface area contributed by atoms with Gasteiger partial charge >= 0.3 is 0 Å². The second-order valence-electron chi connectivity index (χ2n) is 6.88. The van der Waals surface area contributed by atoms with E-state index in [9.17, 15) is 4.39 Å². The number of halogens is 1. The number of benzene rings is 2. The molecule has 0 bridgehead atoms. The molecule has 1 saturated heterocycles. The lowest BCUT2D eigenvalue weighted by molar-refractivity contribution is 0.198. The van der Waals surface area contributed by atoms with Gasteiger partial charge in [-0.15, -0.1) is 0 Å². The molecule has 0 aliphatic carbocycles. The number of nitrogens with zero attached hydrogens (tertiary/aromatic N) is 4. The molecule has 1 fully saturated rings. The maximum Gasteiger partial charge on any atom is 0.224 e. The number of aromatic nitrogens is 2. The standard InChI is InChI=1S/C22H23FN4O/c1-17(18-7-9-19(23)10-8-18)26-11-13-27(14-12-26)21-15-22(25-16-24-21)28-20-5-3-2-4-6-20/h2-10,15-17H,11-14H2,1H3. The number of para-hydroxylation sites is 1. The Morgan fingerprint density at radius 3 is 2.36 bits per heavy atom. The third-order valence-electron chi connectivity index (χ3n) is 5.13. The average molecular weight is 378 g/mol. The van der Waals surface area contributed by atoms with E-state index in [1.165, 1.54) is 12.1 Å². The van der Waals surface area contributed by atoms with Gasteiger partial charge in [-0.1, -0.05) is 30.3 Å². The minimum Gasteiger partial charge on any atom is -0.439 e. The molecular formula is C22H23FN4O. The first-order chi connectivity index (χ1) is 13.7. The molecule has 2 aromatic carbocycles. The first-order valence-corrected chi connectivity index (χ1v) is 9.48. The lowest BCUT2D eigenvalue weighted by atomic mass is 10.1. The lowest BCUT2D eigenvalue weighted by Crippen LogP contribution is -2.47. The van der Waals surface area contributed by atoms with Crippen LogP contribution in [0.3, 0.4) is 0 Å². The highest BCUT2D eigenvalue weighted by Gasteiger charge is 2.23. The summed E-state index contributed by atoms with van der Waals surface area (Å²) in [6, 6.07) is 18.5. The Hall–Kier alpha value is -2.99. The average Bonchev–Trinajstić information content (AvgIpc) is 2.75. The molecular weight excluding hydrogens is 355 g/mol. The Labute approximate surface area is 164 Å². The van der Waals surface area contributed by atoms with Gasteiger partial charge in [0.1, 0.15) is 23.7 Å². The summed E-state index contributed by atoms with van der Waals surface area (Å²) in [5.41, 5.74) is 1.13. The predicted octanol–water partition coefficient (Wildman–Crippen LogP) is 4.29. The zero-order chi connectivity index (χ0) is 19.3. The summed E-state index contributed by atoms with van der Waals surface area (Å²) in [6.45, 7) is 5.73. The van der Waals surface area contributed by atoms with E-state index < -0.39 is 0 Å². The Morgan fingerprint density at radius 2 is 1.64 bits per heavy atom. The van der Waals surface area contributed by atoms with Gasteiger partial charge in [-0.25, -0.2) is 14.4 Å². The molecule has 0 spiro atoms. The number of ether oxygens (including phenoxy) is 1. The highest BCUT2D eigenvalue weighted by molar-refractivity contribution is 5.42. The van der Waals surface area contributed by atoms with Crippen LogP contribution in [0.4, 0.5) is 10.2 Å². The van der Waals surface area contributed by atoms with Gasteiger partial charge in [0, 0.05) is 38.3 Å². The molecule has 0 radical (unpaired) electrons. The van der Waals surface area contributed by atoms with Crippen molar-refractivity contribution in [2.75, 3.05) is 31.1 Å². The van der Waals surface area contributed by atoms with Crippen LogP contribution in [0.2, 0.25) is 0 Å². The van der Waals surface area contributed by atoms with Crippen molar-refractivity contribution in [3.63, 3.8) is 0 Å². The van der Waals surface area contributed by atoms with Gasteiger partial charge in [-0.3, -0.25) is 4.90 Å². The van der Waals surface area contributed by atoms with Crippen LogP contribution in [0.25, 0.3) is 0 Å². The molecule has 144 valence electrons. The normalized spacial score (nSPS) is 16.0. The number of hydrogen-bond donors (Lipinski definition) is 0. The molecule has 1 aliphatic rings. The Morgan fingerprint density at radius 1 is 0.929 bits per heavy atom. The van der Waals surface area contributed by atoms with E-state index in [1.807, 2.05) is 48.5 Å². The largest absolute Gasteiger partial charge is 0.439 e. The van der Waals surface area contributed by atoms with E-state index in [2.05, 4.69) is 26.7 Å². The molecule has 1 aliphatic heterocycles. The van der Waals surface area contributed by atoms with Crippen LogP contribution in [0.15, 0.2) is 67.0 Å². The minimum atomic E-state index is -0.196. The summed E-state index contributed by atoms with van der Waals surface area (Å²) in [4.78, 5) is 13.3. The van der Waals surface area contributed by atoms with E-state index in [0.717, 1.165) is 43.3 Å². The summed E-state index contributed by atoms with van der Waals surface area (Å²) < 4.78 is 19.0. The van der Waals surface area contributed by atoms with Crippen molar-refractivity contribution in [3.8, 4) is 11.6 Å². The minimum absolute atomic E-state index is 0.196. The summed E-state index contributed by atoms with van der Waals surface area (Å²) in [6.07, 6.45) is 1.54. The van der Waals surface area contributed by atoms with Crippen LogP contribution < -0.4 is 9.64 Å². The SMILES string of the molecule is CC(c1ccc(F)cc1)N1CCN(c2cc(Oc3ccccc3)ncn2)CC1. The van der Waals surface area contributed by atoms with Crippen LogP contribution in [-0.2, 0) is 0 Å². The second kappa shape index (κ2) is 8.35. The number of piperazine rings is 1. The van der Waals surface area contributed by atoms with E-state index in [0.29, 0.717) is 5.88 Å². The molecule has 1 atom stereocenters. The zero-order valence-electron chi connectivity index (χ0n) is 15.8. The molecule has 28 heavy (non-hydrogen) atoms. The molecule has 3 aromatic rings. The Kier molecular flexibility index (Phi) is 5.48. The quantitative estimate of drug-likeness (QED) is 0.662. The number of hydrogen-bond acceptors (Lipinski definition) is 5. The van der Waals surface area contributed by atoms with E-state index >= 15 is 0 Å². The number of anilines is 1. The van der Waals surface area contributed by atoms with Gasteiger partial charge < -0.3 is 9.64 Å². The maximum absolute atomic E-state index is 13.2. The molecule has 4 rings (SSSR count). The van der Waals surface area contributed by atoms with E-state index in [-0.39, 0.29) is 11.9 Å². The van der Waals surface area contributed by atoms with Crippen molar-refractivity contribution in [2.45, 2.75) is 13.0 Å². The molecule has 1 aromatic heterocycles. The van der Waals surface area contributed by atoms with Crippen LogP contribution >= 0.6 is 0 Å². The van der Waals surface area contributed by atoms with Gasteiger partial charge in [-0.2, -0.15) is 0 Å². The van der Waals surface area contributed by atoms with Crippen LogP contribution in [0.1, 0.15) is 18.5 Å². The second-order valence-corrected chi connectivity index (χ2v) is 6.88. The topological polar surface area (TPSA) is 41.5 Å². The van der Waals surface area contributed by atoms with Crippen molar-refractivity contribution in [1.82, 2.24) is 14.9 Å². The molecule has 0 amide bonds. The summed E-state index contributed by atoms with van der Waals surface area (Å²) >= 11 is 0. The number of rotatable bonds is 5. The van der Waals surface area contributed by atoms with Crippen LogP contribution in [0, 0.1) is 5.82 Å². The van der Waals surface area contributed by atoms with Crippen molar-refractivity contribution >= 4 is 5.82 Å². The first kappa shape index (κ1) is 18.4. The van der Waals surface area contributed by atoms with Gasteiger partial charge in [-0.05, 0) is 36.8 Å². The molecule has 1 unspecified atom stereocenters. The first-order valence-electron chi connectivity index (χ1n) is 9.48. The highest BCUT2D eigenvalue weighted by atomic mass is 19.1. The van der Waals surface area contributed by atoms with Gasteiger partial charge in [0.05, 0.1) is 0 Å². The van der Waals surface area contributed by atoms with Crippen molar-refractivity contribution < 1.29 is 9.13 Å². The molecule has 5 nitrogen and oxygen atoms in total. The lowest BCUT2D eigenvalue weighted by Gasteiger charge is -2.38. The molecule has 2 heterocycles. The predicted molar refractivity (Wildman–Crippen MR) is 107 cm³/mol. The fraction of sp³-hybridized carbons (Fsp3) is 0.273. The maximum atomic E-state index is 13.2. The van der Waals surface area contributed by atoms with Crippen molar-refractivity contribution in [3.05, 3.63) is 78.4 Å². The fourth-order valence-corrected chi connectivity index (χ4v) is 3.46.